The number of halogens is 1. The van der Waals surface area contributed by atoms with Crippen LogP contribution in [0.3, 0.4) is 0 Å². The molecule has 1 rings (SSSR count). The van der Waals surface area contributed by atoms with E-state index in [0.29, 0.717) is 17.7 Å². The minimum atomic E-state index is -0.942. The zero-order valence-corrected chi connectivity index (χ0v) is 8.13. The Labute approximate surface area is 80.5 Å². The summed E-state index contributed by atoms with van der Waals surface area (Å²) >= 11 is 5.70. The molecule has 0 aliphatic rings. The molecule has 0 radical (unpaired) electrons. The number of carboxylic acids is 1. The minimum Gasteiger partial charge on any atom is -0.481 e. The van der Waals surface area contributed by atoms with Gasteiger partial charge in [-0.25, -0.2) is 0 Å². The molecular weight excluding hydrogens is 194 g/mol. The van der Waals surface area contributed by atoms with E-state index in [0.717, 1.165) is 0 Å². The molecule has 1 heterocycles. The van der Waals surface area contributed by atoms with Gasteiger partial charge in [0.15, 0.2) is 10.9 Å². The normalized spacial score (nSPS) is 12.8. The summed E-state index contributed by atoms with van der Waals surface area (Å²) in [6, 6.07) is 0. The van der Waals surface area contributed by atoms with Crippen LogP contribution in [0.15, 0.2) is 4.52 Å². The van der Waals surface area contributed by atoms with E-state index in [-0.39, 0.29) is 5.15 Å². The van der Waals surface area contributed by atoms with Gasteiger partial charge in [0, 0.05) is 5.56 Å². The van der Waals surface area contributed by atoms with Crippen LogP contribution in [0.1, 0.15) is 31.1 Å². The smallest absolute Gasteiger partial charge is 0.314 e. The average molecular weight is 204 g/mol. The lowest BCUT2D eigenvalue weighted by molar-refractivity contribution is -0.138. The Balaban J connectivity index is 3.06. The maximum absolute atomic E-state index is 10.6. The fourth-order valence-electron chi connectivity index (χ4n) is 1.07. The van der Waals surface area contributed by atoms with Crippen molar-refractivity contribution >= 4 is 17.6 Å². The predicted octanol–water partition coefficient (Wildman–Crippen LogP) is 2.08. The van der Waals surface area contributed by atoms with Crippen LogP contribution in [0.2, 0.25) is 5.15 Å². The average Bonchev–Trinajstić information content (AvgIpc) is 2.45. The first-order valence-electron chi connectivity index (χ1n) is 3.94. The third-order valence-electron chi connectivity index (χ3n) is 1.89. The van der Waals surface area contributed by atoms with Crippen molar-refractivity contribution in [3.63, 3.8) is 0 Å². The van der Waals surface area contributed by atoms with E-state index in [1.807, 2.05) is 6.92 Å². The highest BCUT2D eigenvalue weighted by Crippen LogP contribution is 2.26. The van der Waals surface area contributed by atoms with Gasteiger partial charge in [-0.15, -0.1) is 0 Å². The maximum Gasteiger partial charge on any atom is 0.314 e. The Morgan fingerprint density at radius 1 is 1.77 bits per heavy atom. The molecule has 1 aromatic rings. The zero-order valence-electron chi connectivity index (χ0n) is 7.37. The molecule has 72 valence electrons. The van der Waals surface area contributed by atoms with Crippen LogP contribution in [0, 0.1) is 0 Å². The molecule has 0 bridgehead atoms. The number of aliphatic carboxylic acids is 1. The molecule has 1 unspecified atom stereocenters. The van der Waals surface area contributed by atoms with Crippen molar-refractivity contribution in [2.75, 3.05) is 0 Å². The minimum absolute atomic E-state index is 0.255. The van der Waals surface area contributed by atoms with Crippen molar-refractivity contribution in [3.8, 4) is 0 Å². The molecule has 1 N–H and O–H groups in total. The largest absolute Gasteiger partial charge is 0.481 e. The molecule has 0 saturated heterocycles. The molecule has 5 heteroatoms. The van der Waals surface area contributed by atoms with Gasteiger partial charge in [0.1, 0.15) is 5.92 Å². The predicted molar refractivity (Wildman–Crippen MR) is 46.9 cm³/mol. The summed E-state index contributed by atoms with van der Waals surface area (Å²) in [6.07, 6.45) is 0.620. The van der Waals surface area contributed by atoms with E-state index in [1.165, 1.54) is 0 Å². The third-order valence-corrected chi connectivity index (χ3v) is 2.18. The maximum atomic E-state index is 10.6. The van der Waals surface area contributed by atoms with E-state index in [4.69, 9.17) is 21.2 Å². The second-order valence-electron chi connectivity index (χ2n) is 2.73. The van der Waals surface area contributed by atoms with Crippen LogP contribution in [0.5, 0.6) is 0 Å². The highest BCUT2D eigenvalue weighted by Gasteiger charge is 2.23. The Hall–Kier alpha value is -1.03. The standard InChI is InChI=1S/C8H10ClNO3/c1-3-5-6(4(2)8(11)12)13-10-7(5)9/h4H,3H2,1-2H3,(H,11,12). The summed E-state index contributed by atoms with van der Waals surface area (Å²) in [5.74, 6) is -1.29. The van der Waals surface area contributed by atoms with Crippen LogP contribution >= 0.6 is 11.6 Å². The summed E-state index contributed by atoms with van der Waals surface area (Å²) in [5.41, 5.74) is 0.677. The van der Waals surface area contributed by atoms with Gasteiger partial charge in [-0.2, -0.15) is 0 Å². The van der Waals surface area contributed by atoms with E-state index in [1.54, 1.807) is 6.92 Å². The van der Waals surface area contributed by atoms with Gasteiger partial charge in [-0.3, -0.25) is 4.79 Å². The van der Waals surface area contributed by atoms with Crippen LogP contribution in [-0.2, 0) is 11.2 Å². The van der Waals surface area contributed by atoms with Crippen molar-refractivity contribution in [1.82, 2.24) is 5.16 Å². The number of nitrogens with zero attached hydrogens (tertiary/aromatic N) is 1. The van der Waals surface area contributed by atoms with Crippen LogP contribution in [0.4, 0.5) is 0 Å². The topological polar surface area (TPSA) is 63.3 Å². The number of rotatable bonds is 3. The first-order valence-corrected chi connectivity index (χ1v) is 4.32. The van der Waals surface area contributed by atoms with Crippen LogP contribution in [-0.4, -0.2) is 16.2 Å². The summed E-state index contributed by atoms with van der Waals surface area (Å²) in [5, 5.41) is 12.5. The van der Waals surface area contributed by atoms with Gasteiger partial charge >= 0.3 is 5.97 Å². The van der Waals surface area contributed by atoms with Crippen molar-refractivity contribution < 1.29 is 14.4 Å². The Bertz CT molecular complexity index is 321. The van der Waals surface area contributed by atoms with Gasteiger partial charge in [-0.1, -0.05) is 23.7 Å². The fraction of sp³-hybridized carbons (Fsp3) is 0.500. The van der Waals surface area contributed by atoms with Crippen molar-refractivity contribution in [2.24, 2.45) is 0 Å². The molecule has 4 nitrogen and oxygen atoms in total. The number of hydrogen-bond acceptors (Lipinski definition) is 3. The third kappa shape index (κ3) is 1.83. The second kappa shape index (κ2) is 3.79. The summed E-state index contributed by atoms with van der Waals surface area (Å²) in [6.45, 7) is 3.41. The fourth-order valence-corrected chi connectivity index (χ4v) is 1.34. The highest BCUT2D eigenvalue weighted by molar-refractivity contribution is 6.30. The van der Waals surface area contributed by atoms with Crippen LogP contribution < -0.4 is 0 Å². The van der Waals surface area contributed by atoms with E-state index >= 15 is 0 Å². The number of hydrogen-bond donors (Lipinski definition) is 1. The van der Waals surface area contributed by atoms with Gasteiger partial charge in [0.05, 0.1) is 0 Å². The first-order chi connectivity index (χ1) is 6.07. The Morgan fingerprint density at radius 3 is 2.85 bits per heavy atom. The van der Waals surface area contributed by atoms with E-state index < -0.39 is 11.9 Å². The zero-order chi connectivity index (χ0) is 10.0. The van der Waals surface area contributed by atoms with Crippen LogP contribution in [0.25, 0.3) is 0 Å². The van der Waals surface area contributed by atoms with Crippen molar-refractivity contribution in [1.29, 1.82) is 0 Å². The SMILES string of the molecule is CCc1c(Cl)noc1C(C)C(=O)O. The summed E-state index contributed by atoms with van der Waals surface area (Å²) in [7, 11) is 0. The lowest BCUT2D eigenvalue weighted by Gasteiger charge is -2.02. The molecule has 1 atom stereocenters. The summed E-state index contributed by atoms with van der Waals surface area (Å²) in [4.78, 5) is 10.6. The van der Waals surface area contributed by atoms with Crippen molar-refractivity contribution in [3.05, 3.63) is 16.5 Å². The molecule has 1 aromatic heterocycles. The quantitative estimate of drug-likeness (QED) is 0.817. The molecular formula is C8H10ClNO3. The molecule has 0 aliphatic carbocycles. The number of aromatic nitrogens is 1. The highest BCUT2D eigenvalue weighted by atomic mass is 35.5. The molecule has 13 heavy (non-hydrogen) atoms. The van der Waals surface area contributed by atoms with Gasteiger partial charge < -0.3 is 9.63 Å². The lowest BCUT2D eigenvalue weighted by Crippen LogP contribution is -2.08. The molecule has 0 aliphatic heterocycles. The monoisotopic (exact) mass is 203 g/mol. The molecule has 0 fully saturated rings. The van der Waals surface area contributed by atoms with E-state index in [2.05, 4.69) is 5.16 Å². The first kappa shape index (κ1) is 10.1. The number of carboxylic acid groups (broad SMARTS) is 1. The molecule has 0 saturated carbocycles. The summed E-state index contributed by atoms with van der Waals surface area (Å²) < 4.78 is 4.85. The molecule has 0 spiro atoms. The van der Waals surface area contributed by atoms with E-state index in [9.17, 15) is 4.79 Å². The van der Waals surface area contributed by atoms with Gasteiger partial charge in [-0.05, 0) is 13.3 Å². The Morgan fingerprint density at radius 2 is 2.38 bits per heavy atom. The van der Waals surface area contributed by atoms with Gasteiger partial charge in [0.2, 0.25) is 0 Å². The number of carbonyl (C=O) groups is 1. The Kier molecular flexibility index (Phi) is 2.93. The lowest BCUT2D eigenvalue weighted by atomic mass is 10.0. The molecule has 0 aromatic carbocycles. The molecule has 0 amide bonds. The van der Waals surface area contributed by atoms with Crippen molar-refractivity contribution in [2.45, 2.75) is 26.2 Å². The second-order valence-corrected chi connectivity index (χ2v) is 3.09. The van der Waals surface area contributed by atoms with Gasteiger partial charge in [0.25, 0.3) is 0 Å².